The fraction of sp³-hybridized carbons (Fsp3) is 0.250. The van der Waals surface area contributed by atoms with E-state index in [1.807, 2.05) is 0 Å². The number of alkyl halides is 3. The quantitative estimate of drug-likeness (QED) is 0.825. The zero-order valence-corrected chi connectivity index (χ0v) is 7.93. The molecule has 82 valence electrons. The SMILES string of the molecule is O=C(O)c1cc(CCl)nc(C(F)F)c1F. The molecule has 0 atom stereocenters. The molecule has 3 nitrogen and oxygen atoms in total. The summed E-state index contributed by atoms with van der Waals surface area (Å²) in [6, 6.07) is 0.830. The fourth-order valence-electron chi connectivity index (χ4n) is 0.973. The molecular weight excluding hydrogens is 235 g/mol. The van der Waals surface area contributed by atoms with Gasteiger partial charge in [-0.1, -0.05) is 0 Å². The third-order valence-electron chi connectivity index (χ3n) is 1.61. The number of carbonyl (C=O) groups is 1. The summed E-state index contributed by atoms with van der Waals surface area (Å²) >= 11 is 5.31. The van der Waals surface area contributed by atoms with Gasteiger partial charge in [0.15, 0.2) is 5.82 Å². The van der Waals surface area contributed by atoms with Crippen LogP contribution < -0.4 is 0 Å². The number of carboxylic acid groups (broad SMARTS) is 1. The van der Waals surface area contributed by atoms with E-state index >= 15 is 0 Å². The van der Waals surface area contributed by atoms with Gasteiger partial charge in [0.2, 0.25) is 0 Å². The van der Waals surface area contributed by atoms with E-state index in [0.29, 0.717) is 0 Å². The Balaban J connectivity index is 3.40. The summed E-state index contributed by atoms with van der Waals surface area (Å²) in [6.45, 7) is 0. The molecule has 1 N–H and O–H groups in total. The first-order chi connectivity index (χ1) is 6.97. The number of aromatic nitrogens is 1. The van der Waals surface area contributed by atoms with Crippen LogP contribution in [0.15, 0.2) is 6.07 Å². The highest BCUT2D eigenvalue weighted by molar-refractivity contribution is 6.16. The minimum absolute atomic E-state index is 0.106. The minimum Gasteiger partial charge on any atom is -0.478 e. The van der Waals surface area contributed by atoms with E-state index in [1.165, 1.54) is 0 Å². The van der Waals surface area contributed by atoms with Crippen molar-refractivity contribution >= 4 is 17.6 Å². The van der Waals surface area contributed by atoms with Crippen LogP contribution >= 0.6 is 11.6 Å². The second-order valence-corrected chi connectivity index (χ2v) is 2.87. The molecule has 0 aromatic carbocycles. The van der Waals surface area contributed by atoms with E-state index in [1.54, 1.807) is 0 Å². The topological polar surface area (TPSA) is 50.2 Å². The lowest BCUT2D eigenvalue weighted by Gasteiger charge is -2.06. The third-order valence-corrected chi connectivity index (χ3v) is 1.88. The highest BCUT2D eigenvalue weighted by Gasteiger charge is 2.23. The Labute approximate surface area is 87.5 Å². The van der Waals surface area contributed by atoms with Crippen molar-refractivity contribution in [3.63, 3.8) is 0 Å². The van der Waals surface area contributed by atoms with E-state index in [-0.39, 0.29) is 11.6 Å². The Kier molecular flexibility index (Phi) is 3.52. The van der Waals surface area contributed by atoms with Gasteiger partial charge in [-0.05, 0) is 6.07 Å². The molecule has 1 rings (SSSR count). The second kappa shape index (κ2) is 4.48. The lowest BCUT2D eigenvalue weighted by Crippen LogP contribution is -2.08. The Morgan fingerprint density at radius 1 is 1.60 bits per heavy atom. The van der Waals surface area contributed by atoms with E-state index in [0.717, 1.165) is 6.07 Å². The van der Waals surface area contributed by atoms with E-state index in [2.05, 4.69) is 4.98 Å². The molecule has 0 saturated carbocycles. The van der Waals surface area contributed by atoms with Crippen LogP contribution in [0.25, 0.3) is 0 Å². The van der Waals surface area contributed by atoms with E-state index < -0.39 is 29.5 Å². The third kappa shape index (κ3) is 2.38. The minimum atomic E-state index is -3.17. The molecule has 0 bridgehead atoms. The predicted molar refractivity (Wildman–Crippen MR) is 45.7 cm³/mol. The number of carboxylic acids is 1. The van der Waals surface area contributed by atoms with Crippen LogP contribution in [0.4, 0.5) is 13.2 Å². The average Bonchev–Trinajstić information content (AvgIpc) is 2.17. The van der Waals surface area contributed by atoms with Gasteiger partial charge in [0.1, 0.15) is 5.69 Å². The number of hydrogen-bond acceptors (Lipinski definition) is 2. The highest BCUT2D eigenvalue weighted by Crippen LogP contribution is 2.23. The molecule has 0 radical (unpaired) electrons. The van der Waals surface area contributed by atoms with Crippen molar-refractivity contribution in [2.24, 2.45) is 0 Å². The van der Waals surface area contributed by atoms with Gasteiger partial charge in [-0.25, -0.2) is 22.9 Å². The predicted octanol–water partition coefficient (Wildman–Crippen LogP) is 2.60. The van der Waals surface area contributed by atoms with Crippen LogP contribution in [0.5, 0.6) is 0 Å². The molecule has 1 aromatic rings. The van der Waals surface area contributed by atoms with Crippen LogP contribution in [0.3, 0.4) is 0 Å². The molecule has 1 aromatic heterocycles. The maximum Gasteiger partial charge on any atom is 0.338 e. The van der Waals surface area contributed by atoms with Gasteiger partial charge in [-0.3, -0.25) is 0 Å². The van der Waals surface area contributed by atoms with Crippen molar-refractivity contribution in [2.45, 2.75) is 12.3 Å². The van der Waals surface area contributed by atoms with Crippen molar-refractivity contribution in [1.82, 2.24) is 4.98 Å². The molecule has 0 unspecified atom stereocenters. The largest absolute Gasteiger partial charge is 0.478 e. The van der Waals surface area contributed by atoms with E-state index in [9.17, 15) is 18.0 Å². The Morgan fingerprint density at radius 2 is 2.20 bits per heavy atom. The van der Waals surface area contributed by atoms with Gasteiger partial charge >= 0.3 is 5.97 Å². The Bertz CT molecular complexity index is 398. The van der Waals surface area contributed by atoms with Crippen molar-refractivity contribution in [2.75, 3.05) is 0 Å². The maximum absolute atomic E-state index is 13.1. The lowest BCUT2D eigenvalue weighted by atomic mass is 10.2. The molecule has 1 heterocycles. The van der Waals surface area contributed by atoms with Crippen LogP contribution in [0, 0.1) is 5.82 Å². The van der Waals surface area contributed by atoms with Gasteiger partial charge in [-0.15, -0.1) is 11.6 Å². The lowest BCUT2D eigenvalue weighted by molar-refractivity contribution is 0.0689. The van der Waals surface area contributed by atoms with Crippen molar-refractivity contribution in [1.29, 1.82) is 0 Å². The molecule has 0 fully saturated rings. The summed E-state index contributed by atoms with van der Waals surface area (Å²) in [6.07, 6.45) is -3.17. The van der Waals surface area contributed by atoms with Crippen LogP contribution in [-0.4, -0.2) is 16.1 Å². The number of pyridine rings is 1. The summed E-state index contributed by atoms with van der Waals surface area (Å²) in [5.74, 6) is -3.42. The molecular formula is C8H5ClF3NO2. The Morgan fingerprint density at radius 3 is 2.60 bits per heavy atom. The second-order valence-electron chi connectivity index (χ2n) is 2.60. The van der Waals surface area contributed by atoms with Crippen LogP contribution in [-0.2, 0) is 5.88 Å². The summed E-state index contributed by atoms with van der Waals surface area (Å²) in [5.41, 5.74) is -2.15. The monoisotopic (exact) mass is 239 g/mol. The molecule has 0 aliphatic heterocycles. The highest BCUT2D eigenvalue weighted by atomic mass is 35.5. The first-order valence-electron chi connectivity index (χ1n) is 3.74. The number of nitrogens with zero attached hydrogens (tertiary/aromatic N) is 1. The van der Waals surface area contributed by atoms with Crippen LogP contribution in [0.2, 0.25) is 0 Å². The smallest absolute Gasteiger partial charge is 0.338 e. The molecule has 0 amide bonds. The van der Waals surface area contributed by atoms with Gasteiger partial charge in [-0.2, -0.15) is 0 Å². The van der Waals surface area contributed by atoms with Gasteiger partial charge in [0.05, 0.1) is 17.1 Å². The summed E-state index contributed by atoms with van der Waals surface area (Å²) in [5, 5.41) is 8.54. The maximum atomic E-state index is 13.1. The average molecular weight is 240 g/mol. The molecule has 0 saturated heterocycles. The van der Waals surface area contributed by atoms with Gasteiger partial charge in [0, 0.05) is 0 Å². The van der Waals surface area contributed by atoms with Crippen molar-refractivity contribution in [3.05, 3.63) is 28.8 Å². The number of hydrogen-bond donors (Lipinski definition) is 1. The van der Waals surface area contributed by atoms with Gasteiger partial charge in [0.25, 0.3) is 6.43 Å². The van der Waals surface area contributed by atoms with Crippen molar-refractivity contribution < 1.29 is 23.1 Å². The molecule has 15 heavy (non-hydrogen) atoms. The summed E-state index contributed by atoms with van der Waals surface area (Å²) in [7, 11) is 0. The first-order valence-corrected chi connectivity index (χ1v) is 4.27. The van der Waals surface area contributed by atoms with Gasteiger partial charge < -0.3 is 5.11 Å². The number of aromatic carboxylic acids is 1. The number of rotatable bonds is 3. The molecule has 0 aliphatic carbocycles. The summed E-state index contributed by atoms with van der Waals surface area (Å²) < 4.78 is 37.6. The fourth-order valence-corrected chi connectivity index (χ4v) is 1.11. The van der Waals surface area contributed by atoms with Crippen molar-refractivity contribution in [3.8, 4) is 0 Å². The van der Waals surface area contributed by atoms with Crippen LogP contribution in [0.1, 0.15) is 28.2 Å². The Hall–Kier alpha value is -1.30. The number of halogens is 4. The molecule has 7 heteroatoms. The zero-order valence-electron chi connectivity index (χ0n) is 7.18. The summed E-state index contributed by atoms with van der Waals surface area (Å²) in [4.78, 5) is 13.7. The normalized spacial score (nSPS) is 10.7. The standard InChI is InChI=1S/C8H5ClF3NO2/c9-2-3-1-4(8(14)15)5(10)6(13-3)7(11)12/h1,7H,2H2,(H,14,15). The first kappa shape index (κ1) is 11.8. The molecule has 0 spiro atoms. The van der Waals surface area contributed by atoms with E-state index in [4.69, 9.17) is 16.7 Å². The molecule has 0 aliphatic rings. The zero-order chi connectivity index (χ0) is 11.6.